The summed E-state index contributed by atoms with van der Waals surface area (Å²) in [5, 5.41) is 4.65. The average Bonchev–Trinajstić information content (AvgIpc) is 3.06. The van der Waals surface area contributed by atoms with Crippen LogP contribution in [0.25, 0.3) is 0 Å². The third-order valence-corrected chi connectivity index (χ3v) is 5.58. The molecule has 122 valence electrons. The molecular formula is C18H15FN2OS2. The van der Waals surface area contributed by atoms with Gasteiger partial charge in [-0.2, -0.15) is 0 Å². The lowest BCUT2D eigenvalue weighted by Crippen LogP contribution is -2.11. The Hall–Kier alpha value is -2.18. The number of rotatable bonds is 5. The highest BCUT2D eigenvalue weighted by Crippen LogP contribution is 2.30. The smallest absolute Gasteiger partial charge is 0.266 e. The molecule has 0 radical (unpaired) electrons. The summed E-state index contributed by atoms with van der Waals surface area (Å²) in [5.74, 6) is 0.218. The third-order valence-electron chi connectivity index (χ3n) is 3.41. The number of halogens is 1. The first-order valence-corrected chi connectivity index (χ1v) is 9.16. The van der Waals surface area contributed by atoms with Gasteiger partial charge in [0.1, 0.15) is 10.7 Å². The topological polar surface area (TPSA) is 42.0 Å². The van der Waals surface area contributed by atoms with Gasteiger partial charge in [-0.25, -0.2) is 4.39 Å². The number of aromatic nitrogens is 1. The van der Waals surface area contributed by atoms with Crippen LogP contribution in [0.3, 0.4) is 0 Å². The molecule has 1 N–H and O–H groups in total. The van der Waals surface area contributed by atoms with Gasteiger partial charge in [0.05, 0.1) is 0 Å². The van der Waals surface area contributed by atoms with Gasteiger partial charge in [0, 0.05) is 28.7 Å². The quantitative estimate of drug-likeness (QED) is 0.643. The predicted octanol–water partition coefficient (Wildman–Crippen LogP) is 5.14. The summed E-state index contributed by atoms with van der Waals surface area (Å²) < 4.78 is 13.6. The minimum Gasteiger partial charge on any atom is -0.321 e. The van der Waals surface area contributed by atoms with Gasteiger partial charge in [-0.05, 0) is 53.8 Å². The van der Waals surface area contributed by atoms with E-state index in [1.807, 2.05) is 23.6 Å². The molecule has 2 heterocycles. The highest BCUT2D eigenvalue weighted by atomic mass is 32.2. The van der Waals surface area contributed by atoms with Gasteiger partial charge >= 0.3 is 0 Å². The minimum atomic E-state index is -0.328. The van der Waals surface area contributed by atoms with Crippen molar-refractivity contribution in [1.82, 2.24) is 4.98 Å². The molecule has 3 nitrogen and oxygen atoms in total. The molecular weight excluding hydrogens is 343 g/mol. The fourth-order valence-corrected chi connectivity index (χ4v) is 4.07. The van der Waals surface area contributed by atoms with Crippen LogP contribution in [0.15, 0.2) is 59.1 Å². The summed E-state index contributed by atoms with van der Waals surface area (Å²) in [6, 6.07) is 10.5. The second kappa shape index (κ2) is 7.59. The summed E-state index contributed by atoms with van der Waals surface area (Å²) in [7, 11) is 0. The highest BCUT2D eigenvalue weighted by molar-refractivity contribution is 7.98. The number of carbonyl (C=O) groups is 1. The molecule has 0 spiro atoms. The summed E-state index contributed by atoms with van der Waals surface area (Å²) >= 11 is 2.98. The van der Waals surface area contributed by atoms with Crippen LogP contribution in [-0.2, 0) is 5.75 Å². The second-order valence-electron chi connectivity index (χ2n) is 5.18. The normalized spacial score (nSPS) is 10.6. The van der Waals surface area contributed by atoms with Gasteiger partial charge in [-0.3, -0.25) is 9.78 Å². The fraction of sp³-hybridized carbons (Fsp3) is 0.111. The number of hydrogen-bond acceptors (Lipinski definition) is 4. The Labute approximate surface area is 148 Å². The molecule has 24 heavy (non-hydrogen) atoms. The summed E-state index contributed by atoms with van der Waals surface area (Å²) in [6.07, 6.45) is 3.51. The highest BCUT2D eigenvalue weighted by Gasteiger charge is 2.14. The molecule has 0 aliphatic carbocycles. The van der Waals surface area contributed by atoms with Gasteiger partial charge in [0.15, 0.2) is 0 Å². The number of anilines is 1. The Morgan fingerprint density at radius 3 is 2.79 bits per heavy atom. The molecule has 0 aliphatic heterocycles. The van der Waals surface area contributed by atoms with Crippen LogP contribution in [0.1, 0.15) is 20.8 Å². The van der Waals surface area contributed by atoms with E-state index >= 15 is 0 Å². The second-order valence-corrected chi connectivity index (χ2v) is 7.11. The summed E-state index contributed by atoms with van der Waals surface area (Å²) in [5.41, 5.74) is 2.16. The lowest BCUT2D eigenvalue weighted by molar-refractivity contribution is 0.102. The third kappa shape index (κ3) is 4.01. The average molecular weight is 358 g/mol. The zero-order valence-electron chi connectivity index (χ0n) is 13.0. The SMILES string of the molecule is Cc1ccc(NC(=O)c2sccc2SCc2ccncc2)cc1F. The number of amides is 1. The van der Waals surface area contributed by atoms with E-state index in [2.05, 4.69) is 10.3 Å². The zero-order valence-corrected chi connectivity index (χ0v) is 14.6. The first-order chi connectivity index (χ1) is 11.6. The fourth-order valence-electron chi connectivity index (χ4n) is 2.08. The predicted molar refractivity (Wildman–Crippen MR) is 97.2 cm³/mol. The number of hydrogen-bond donors (Lipinski definition) is 1. The Bertz CT molecular complexity index is 849. The van der Waals surface area contributed by atoms with Crippen LogP contribution in [-0.4, -0.2) is 10.9 Å². The first kappa shape index (κ1) is 16.7. The van der Waals surface area contributed by atoms with Crippen LogP contribution in [0.4, 0.5) is 10.1 Å². The molecule has 0 atom stereocenters. The molecule has 0 saturated heterocycles. The molecule has 3 aromatic rings. The molecule has 0 saturated carbocycles. The van der Waals surface area contributed by atoms with Crippen LogP contribution in [0, 0.1) is 12.7 Å². The Morgan fingerprint density at radius 2 is 2.04 bits per heavy atom. The number of benzene rings is 1. The van der Waals surface area contributed by atoms with Gasteiger partial charge in [-0.15, -0.1) is 23.1 Å². The molecule has 1 amide bonds. The van der Waals surface area contributed by atoms with E-state index in [1.54, 1.807) is 43.2 Å². The van der Waals surface area contributed by atoms with Crippen molar-refractivity contribution in [2.24, 2.45) is 0 Å². The molecule has 2 aromatic heterocycles. The summed E-state index contributed by atoms with van der Waals surface area (Å²) in [6.45, 7) is 1.69. The van der Waals surface area contributed by atoms with Gasteiger partial charge in [0.25, 0.3) is 5.91 Å². The molecule has 0 fully saturated rings. The zero-order chi connectivity index (χ0) is 16.9. The number of carbonyl (C=O) groups excluding carboxylic acids is 1. The van der Waals surface area contributed by atoms with Crippen molar-refractivity contribution in [2.75, 3.05) is 5.32 Å². The molecule has 0 bridgehead atoms. The van der Waals surface area contributed by atoms with E-state index in [9.17, 15) is 9.18 Å². The van der Waals surface area contributed by atoms with Crippen molar-refractivity contribution >= 4 is 34.7 Å². The number of aryl methyl sites for hydroxylation is 1. The van der Waals surface area contributed by atoms with Crippen molar-refractivity contribution in [3.63, 3.8) is 0 Å². The standard InChI is InChI=1S/C18H15FN2OS2/c1-12-2-3-14(10-15(12)19)21-18(22)17-16(6-9-23-17)24-11-13-4-7-20-8-5-13/h2-10H,11H2,1H3,(H,21,22). The lowest BCUT2D eigenvalue weighted by atomic mass is 10.2. The molecule has 1 aromatic carbocycles. The minimum absolute atomic E-state index is 0.217. The number of nitrogens with zero attached hydrogens (tertiary/aromatic N) is 1. The lowest BCUT2D eigenvalue weighted by Gasteiger charge is -2.07. The maximum absolute atomic E-state index is 13.6. The van der Waals surface area contributed by atoms with Crippen LogP contribution < -0.4 is 5.32 Å². The van der Waals surface area contributed by atoms with Crippen molar-refractivity contribution < 1.29 is 9.18 Å². The number of thioether (sulfide) groups is 1. The summed E-state index contributed by atoms with van der Waals surface area (Å²) in [4.78, 5) is 18.0. The Morgan fingerprint density at radius 1 is 1.25 bits per heavy atom. The maximum Gasteiger partial charge on any atom is 0.266 e. The van der Waals surface area contributed by atoms with E-state index in [0.717, 1.165) is 16.2 Å². The van der Waals surface area contributed by atoms with Gasteiger partial charge in [0.2, 0.25) is 0 Å². The van der Waals surface area contributed by atoms with E-state index in [0.29, 0.717) is 16.1 Å². The largest absolute Gasteiger partial charge is 0.321 e. The van der Waals surface area contributed by atoms with Crippen molar-refractivity contribution in [3.05, 3.63) is 76.0 Å². The van der Waals surface area contributed by atoms with Crippen LogP contribution in [0.5, 0.6) is 0 Å². The van der Waals surface area contributed by atoms with Crippen molar-refractivity contribution in [3.8, 4) is 0 Å². The van der Waals surface area contributed by atoms with Gasteiger partial charge in [-0.1, -0.05) is 6.07 Å². The van der Waals surface area contributed by atoms with E-state index in [-0.39, 0.29) is 11.7 Å². The Kier molecular flexibility index (Phi) is 5.27. The Balaban J connectivity index is 1.69. The number of nitrogens with one attached hydrogen (secondary N) is 1. The monoisotopic (exact) mass is 358 g/mol. The maximum atomic E-state index is 13.6. The van der Waals surface area contributed by atoms with E-state index < -0.39 is 0 Å². The molecule has 0 unspecified atom stereocenters. The van der Waals surface area contributed by atoms with Crippen molar-refractivity contribution in [1.29, 1.82) is 0 Å². The van der Waals surface area contributed by atoms with Crippen LogP contribution in [0.2, 0.25) is 0 Å². The number of pyridine rings is 1. The van der Waals surface area contributed by atoms with E-state index in [1.165, 1.54) is 17.4 Å². The van der Waals surface area contributed by atoms with Crippen molar-refractivity contribution in [2.45, 2.75) is 17.6 Å². The molecule has 3 rings (SSSR count). The van der Waals surface area contributed by atoms with E-state index in [4.69, 9.17) is 0 Å². The first-order valence-electron chi connectivity index (χ1n) is 7.30. The van der Waals surface area contributed by atoms with Crippen LogP contribution >= 0.6 is 23.1 Å². The molecule has 0 aliphatic rings. The molecule has 6 heteroatoms. The number of thiophene rings is 1. The van der Waals surface area contributed by atoms with Gasteiger partial charge < -0.3 is 5.32 Å².